The molecule has 2 aromatic heterocycles. The van der Waals surface area contributed by atoms with Crippen LogP contribution >= 0.6 is 11.3 Å². The van der Waals surface area contributed by atoms with Gasteiger partial charge in [-0.15, -0.1) is 11.3 Å². The van der Waals surface area contributed by atoms with Gasteiger partial charge in [-0.05, 0) is 33.3 Å². The number of hydrogen-bond acceptors (Lipinski definition) is 8. The number of carbonyl (C=O) groups is 3. The van der Waals surface area contributed by atoms with Gasteiger partial charge in [-0.1, -0.05) is 0 Å². The highest BCUT2D eigenvalue weighted by Gasteiger charge is 2.22. The molecule has 0 saturated carbocycles. The summed E-state index contributed by atoms with van der Waals surface area (Å²) in [5.74, 6) is -1.82. The summed E-state index contributed by atoms with van der Waals surface area (Å²) in [5, 5.41) is 2.96. The van der Waals surface area contributed by atoms with Crippen molar-refractivity contribution in [3.63, 3.8) is 0 Å². The van der Waals surface area contributed by atoms with E-state index in [0.717, 1.165) is 10.4 Å². The minimum Gasteiger partial charge on any atom is -0.462 e. The second-order valence-electron chi connectivity index (χ2n) is 5.38. The van der Waals surface area contributed by atoms with Crippen molar-refractivity contribution in [3.05, 3.63) is 39.8 Å². The molecule has 0 fully saturated rings. The molecule has 8 nitrogen and oxygen atoms in total. The van der Waals surface area contributed by atoms with Crippen molar-refractivity contribution in [2.45, 2.75) is 27.7 Å². The summed E-state index contributed by atoms with van der Waals surface area (Å²) in [5.41, 5.74) is 1.74. The molecule has 0 unspecified atom stereocenters. The minimum atomic E-state index is -0.753. The van der Waals surface area contributed by atoms with Crippen molar-refractivity contribution in [1.82, 2.24) is 9.97 Å². The van der Waals surface area contributed by atoms with Gasteiger partial charge in [0.2, 0.25) is 0 Å². The van der Waals surface area contributed by atoms with Gasteiger partial charge in [0.1, 0.15) is 5.00 Å². The molecule has 0 atom stereocenters. The number of rotatable bonds is 6. The predicted octanol–water partition coefficient (Wildman–Crippen LogP) is 2.44. The lowest BCUT2D eigenvalue weighted by Crippen LogP contribution is -2.22. The van der Waals surface area contributed by atoms with Gasteiger partial charge in [-0.3, -0.25) is 9.78 Å². The maximum atomic E-state index is 12.1. The molecule has 138 valence electrons. The number of ether oxygens (including phenoxy) is 2. The lowest BCUT2D eigenvalue weighted by Gasteiger charge is -2.07. The standard InChI is InChI=1S/C17H19N3O5S/c1-5-24-17(23)14-10(3)11(4)26-15(14)20-13(21)8-25-16(22)12-7-18-9(2)6-19-12/h6-7H,5,8H2,1-4H3,(H,20,21). The average molecular weight is 377 g/mol. The third-order valence-corrected chi connectivity index (χ3v) is 4.56. The zero-order valence-electron chi connectivity index (χ0n) is 14.9. The first-order chi connectivity index (χ1) is 12.3. The molecule has 0 bridgehead atoms. The SMILES string of the molecule is CCOC(=O)c1c(NC(=O)COC(=O)c2cnc(C)cn2)sc(C)c1C. The lowest BCUT2D eigenvalue weighted by molar-refractivity contribution is -0.119. The van der Waals surface area contributed by atoms with Crippen molar-refractivity contribution in [2.24, 2.45) is 0 Å². The fraction of sp³-hybridized carbons (Fsp3) is 0.353. The summed E-state index contributed by atoms with van der Waals surface area (Å²) in [7, 11) is 0. The Labute approximate surface area is 154 Å². The van der Waals surface area contributed by atoms with Crippen LogP contribution in [0.25, 0.3) is 0 Å². The second-order valence-corrected chi connectivity index (χ2v) is 6.60. The smallest absolute Gasteiger partial charge is 0.359 e. The van der Waals surface area contributed by atoms with Gasteiger partial charge in [0, 0.05) is 11.1 Å². The van der Waals surface area contributed by atoms with Gasteiger partial charge in [0.15, 0.2) is 12.3 Å². The molecule has 2 heterocycles. The van der Waals surface area contributed by atoms with Crippen LogP contribution in [0.3, 0.4) is 0 Å². The van der Waals surface area contributed by atoms with E-state index in [1.165, 1.54) is 23.7 Å². The van der Waals surface area contributed by atoms with E-state index in [9.17, 15) is 14.4 Å². The molecule has 0 radical (unpaired) electrons. The van der Waals surface area contributed by atoms with Crippen LogP contribution in [-0.4, -0.2) is 41.0 Å². The van der Waals surface area contributed by atoms with Crippen LogP contribution in [-0.2, 0) is 14.3 Å². The molecule has 26 heavy (non-hydrogen) atoms. The number of carbonyl (C=O) groups excluding carboxylic acids is 3. The van der Waals surface area contributed by atoms with Gasteiger partial charge in [0.25, 0.3) is 5.91 Å². The third kappa shape index (κ3) is 4.63. The van der Waals surface area contributed by atoms with Crippen molar-refractivity contribution in [1.29, 1.82) is 0 Å². The molecule has 9 heteroatoms. The summed E-state index contributed by atoms with van der Waals surface area (Å²) in [4.78, 5) is 44.7. The summed E-state index contributed by atoms with van der Waals surface area (Å²) in [6, 6.07) is 0. The Hall–Kier alpha value is -2.81. The number of esters is 2. The summed E-state index contributed by atoms with van der Waals surface area (Å²) in [6.45, 7) is 6.79. The minimum absolute atomic E-state index is 0.0124. The molecule has 0 spiro atoms. The Morgan fingerprint density at radius 1 is 1.08 bits per heavy atom. The predicted molar refractivity (Wildman–Crippen MR) is 95.4 cm³/mol. The second kappa shape index (κ2) is 8.52. The van der Waals surface area contributed by atoms with Crippen LogP contribution < -0.4 is 5.32 Å². The largest absolute Gasteiger partial charge is 0.462 e. The highest BCUT2D eigenvalue weighted by Crippen LogP contribution is 2.33. The van der Waals surface area contributed by atoms with Gasteiger partial charge >= 0.3 is 11.9 Å². The van der Waals surface area contributed by atoms with Crippen molar-refractivity contribution >= 4 is 34.2 Å². The first kappa shape index (κ1) is 19.5. The topological polar surface area (TPSA) is 107 Å². The number of nitrogens with one attached hydrogen (secondary N) is 1. The molecule has 0 aliphatic rings. The molecular weight excluding hydrogens is 358 g/mol. The summed E-state index contributed by atoms with van der Waals surface area (Å²) in [6.07, 6.45) is 2.71. The van der Waals surface area contributed by atoms with E-state index in [2.05, 4.69) is 15.3 Å². The van der Waals surface area contributed by atoms with Gasteiger partial charge in [-0.2, -0.15) is 0 Å². The number of amides is 1. The van der Waals surface area contributed by atoms with E-state index in [1.54, 1.807) is 20.8 Å². The highest BCUT2D eigenvalue weighted by molar-refractivity contribution is 7.16. The van der Waals surface area contributed by atoms with Crippen LogP contribution in [0.5, 0.6) is 0 Å². The van der Waals surface area contributed by atoms with Crippen LogP contribution in [0.1, 0.15) is 43.9 Å². The number of anilines is 1. The summed E-state index contributed by atoms with van der Waals surface area (Å²) < 4.78 is 9.95. The first-order valence-corrected chi connectivity index (χ1v) is 8.67. The molecule has 0 aliphatic heterocycles. The lowest BCUT2D eigenvalue weighted by atomic mass is 10.1. The zero-order chi connectivity index (χ0) is 19.3. The molecular formula is C17H19N3O5S. The van der Waals surface area contributed by atoms with E-state index in [-0.39, 0.29) is 12.3 Å². The maximum Gasteiger partial charge on any atom is 0.359 e. The van der Waals surface area contributed by atoms with Crippen LogP contribution in [0.4, 0.5) is 5.00 Å². The van der Waals surface area contributed by atoms with Gasteiger partial charge < -0.3 is 14.8 Å². The Morgan fingerprint density at radius 3 is 2.42 bits per heavy atom. The quantitative estimate of drug-likeness (QED) is 0.770. The van der Waals surface area contributed by atoms with Gasteiger partial charge in [0.05, 0.1) is 24.1 Å². The van der Waals surface area contributed by atoms with Crippen molar-refractivity contribution in [3.8, 4) is 0 Å². The molecule has 2 rings (SSSR count). The zero-order valence-corrected chi connectivity index (χ0v) is 15.7. The fourth-order valence-electron chi connectivity index (χ4n) is 2.03. The molecule has 0 saturated heterocycles. The van der Waals surface area contributed by atoms with Crippen LogP contribution in [0.2, 0.25) is 0 Å². The van der Waals surface area contributed by atoms with Crippen LogP contribution in [0.15, 0.2) is 12.4 Å². The Bertz CT molecular complexity index is 830. The summed E-state index contributed by atoms with van der Waals surface area (Å²) >= 11 is 1.26. The number of hydrogen-bond donors (Lipinski definition) is 1. The van der Waals surface area contributed by atoms with Gasteiger partial charge in [-0.25, -0.2) is 14.6 Å². The first-order valence-electron chi connectivity index (χ1n) is 7.86. The average Bonchev–Trinajstić information content (AvgIpc) is 2.87. The Balaban J connectivity index is 2.01. The normalized spacial score (nSPS) is 10.3. The monoisotopic (exact) mass is 377 g/mol. The molecule has 0 aliphatic carbocycles. The molecule has 1 amide bonds. The molecule has 2 aromatic rings. The maximum absolute atomic E-state index is 12.1. The van der Waals surface area contributed by atoms with E-state index in [1.807, 2.05) is 6.92 Å². The number of aryl methyl sites for hydroxylation is 2. The van der Waals surface area contributed by atoms with E-state index < -0.39 is 24.5 Å². The van der Waals surface area contributed by atoms with E-state index in [0.29, 0.717) is 16.3 Å². The van der Waals surface area contributed by atoms with Crippen molar-refractivity contribution in [2.75, 3.05) is 18.5 Å². The fourth-order valence-corrected chi connectivity index (χ4v) is 3.09. The number of aromatic nitrogens is 2. The Morgan fingerprint density at radius 2 is 1.81 bits per heavy atom. The third-order valence-electron chi connectivity index (χ3n) is 3.44. The van der Waals surface area contributed by atoms with Crippen molar-refractivity contribution < 1.29 is 23.9 Å². The number of nitrogens with zero attached hydrogens (tertiary/aromatic N) is 2. The highest BCUT2D eigenvalue weighted by atomic mass is 32.1. The van der Waals surface area contributed by atoms with E-state index >= 15 is 0 Å². The molecule has 1 N–H and O–H groups in total. The van der Waals surface area contributed by atoms with Crippen LogP contribution in [0, 0.1) is 20.8 Å². The Kier molecular flexibility index (Phi) is 6.40. The molecule has 0 aromatic carbocycles. The van der Waals surface area contributed by atoms with E-state index in [4.69, 9.17) is 9.47 Å². The number of thiophene rings is 1.